The summed E-state index contributed by atoms with van der Waals surface area (Å²) in [7, 11) is 0. The molecule has 0 spiro atoms. The van der Waals surface area contributed by atoms with Crippen LogP contribution in [0.3, 0.4) is 0 Å². The molecule has 0 aliphatic heterocycles. The number of benzene rings is 1. The van der Waals surface area contributed by atoms with E-state index in [4.69, 9.17) is 11.6 Å². The molecule has 0 saturated heterocycles. The number of alkyl halides is 1. The Bertz CT molecular complexity index is 430. The molecule has 2 rings (SSSR count). The summed E-state index contributed by atoms with van der Waals surface area (Å²) >= 11 is 7.84. The number of hydrogen-bond acceptors (Lipinski definition) is 1. The summed E-state index contributed by atoms with van der Waals surface area (Å²) in [5.74, 6) is -0.229. The van der Waals surface area contributed by atoms with Crippen molar-refractivity contribution >= 4 is 22.9 Å². The average Bonchev–Trinajstić information content (AvgIpc) is 2.67. The van der Waals surface area contributed by atoms with E-state index in [1.165, 1.54) is 12.1 Å². The van der Waals surface area contributed by atoms with E-state index >= 15 is 0 Å². The molecule has 2 aromatic rings. The molecule has 1 atom stereocenters. The van der Waals surface area contributed by atoms with Gasteiger partial charge in [-0.2, -0.15) is 0 Å². The first kappa shape index (κ1) is 10.7. The van der Waals surface area contributed by atoms with Crippen molar-refractivity contribution in [3.8, 4) is 0 Å². The second-order valence-corrected chi connectivity index (χ2v) is 4.86. The Morgan fingerprint density at radius 2 is 2.13 bits per heavy atom. The van der Waals surface area contributed by atoms with Crippen LogP contribution in [0.4, 0.5) is 4.39 Å². The molecule has 0 fully saturated rings. The van der Waals surface area contributed by atoms with Crippen LogP contribution in [-0.2, 0) is 0 Å². The fourth-order valence-electron chi connectivity index (χ4n) is 1.51. The summed E-state index contributed by atoms with van der Waals surface area (Å²) < 4.78 is 13.2. The van der Waals surface area contributed by atoms with Crippen molar-refractivity contribution in [2.45, 2.75) is 12.3 Å². The van der Waals surface area contributed by atoms with Crippen molar-refractivity contribution < 1.29 is 4.39 Å². The largest absolute Gasteiger partial charge is 0.207 e. The van der Waals surface area contributed by atoms with Gasteiger partial charge < -0.3 is 0 Å². The molecule has 0 N–H and O–H groups in total. The Kier molecular flexibility index (Phi) is 3.08. The SMILES string of the molecule is Cc1cc(F)cc(C(Cl)c2cccs2)c1. The van der Waals surface area contributed by atoms with E-state index in [-0.39, 0.29) is 11.2 Å². The Morgan fingerprint density at radius 3 is 2.73 bits per heavy atom. The van der Waals surface area contributed by atoms with Crippen molar-refractivity contribution in [1.82, 2.24) is 0 Å². The fourth-order valence-corrected chi connectivity index (χ4v) is 2.59. The van der Waals surface area contributed by atoms with Crippen molar-refractivity contribution in [3.63, 3.8) is 0 Å². The van der Waals surface area contributed by atoms with Gasteiger partial charge in [-0.05, 0) is 41.6 Å². The van der Waals surface area contributed by atoms with Crippen LogP contribution in [0.5, 0.6) is 0 Å². The summed E-state index contributed by atoms with van der Waals surface area (Å²) in [4.78, 5) is 1.04. The van der Waals surface area contributed by atoms with Crippen LogP contribution in [0, 0.1) is 12.7 Å². The number of halogens is 2. The minimum atomic E-state index is -0.251. The van der Waals surface area contributed by atoms with Gasteiger partial charge in [0.25, 0.3) is 0 Å². The van der Waals surface area contributed by atoms with Crippen LogP contribution in [0.15, 0.2) is 35.7 Å². The molecule has 0 saturated carbocycles. The molecule has 0 amide bonds. The molecule has 1 unspecified atom stereocenters. The minimum absolute atomic E-state index is 0.229. The van der Waals surface area contributed by atoms with Gasteiger partial charge in [-0.1, -0.05) is 12.1 Å². The normalized spacial score (nSPS) is 12.7. The van der Waals surface area contributed by atoms with Crippen molar-refractivity contribution in [3.05, 3.63) is 57.5 Å². The van der Waals surface area contributed by atoms with Crippen molar-refractivity contribution in [1.29, 1.82) is 0 Å². The highest BCUT2D eigenvalue weighted by Crippen LogP contribution is 2.32. The van der Waals surface area contributed by atoms with Crippen LogP contribution in [0.2, 0.25) is 0 Å². The zero-order chi connectivity index (χ0) is 10.8. The van der Waals surface area contributed by atoms with Gasteiger partial charge >= 0.3 is 0 Å². The second-order valence-electron chi connectivity index (χ2n) is 3.44. The molecular weight excluding hydrogens is 231 g/mol. The zero-order valence-corrected chi connectivity index (χ0v) is 9.78. The predicted molar refractivity (Wildman–Crippen MR) is 63.2 cm³/mol. The third-order valence-electron chi connectivity index (χ3n) is 2.15. The highest BCUT2D eigenvalue weighted by molar-refractivity contribution is 7.10. The maximum atomic E-state index is 13.2. The number of hydrogen-bond donors (Lipinski definition) is 0. The number of rotatable bonds is 2. The van der Waals surface area contributed by atoms with Crippen LogP contribution in [-0.4, -0.2) is 0 Å². The van der Waals surface area contributed by atoms with Gasteiger partial charge in [0.15, 0.2) is 0 Å². The first-order chi connectivity index (χ1) is 7.16. The predicted octanol–water partition coefficient (Wildman–Crippen LogP) is 4.52. The topological polar surface area (TPSA) is 0 Å². The summed E-state index contributed by atoms with van der Waals surface area (Å²) in [6.07, 6.45) is 0. The molecule has 0 aliphatic carbocycles. The fraction of sp³-hybridized carbons (Fsp3) is 0.167. The van der Waals surface area contributed by atoms with Gasteiger partial charge in [0.05, 0.1) is 5.38 Å². The lowest BCUT2D eigenvalue weighted by atomic mass is 10.1. The molecule has 0 aliphatic rings. The van der Waals surface area contributed by atoms with Crippen LogP contribution < -0.4 is 0 Å². The lowest BCUT2D eigenvalue weighted by Crippen LogP contribution is -1.92. The zero-order valence-electron chi connectivity index (χ0n) is 8.21. The van der Waals surface area contributed by atoms with Crippen LogP contribution in [0.1, 0.15) is 21.4 Å². The monoisotopic (exact) mass is 240 g/mol. The minimum Gasteiger partial charge on any atom is -0.207 e. The van der Waals surface area contributed by atoms with Crippen molar-refractivity contribution in [2.24, 2.45) is 0 Å². The van der Waals surface area contributed by atoms with Crippen LogP contribution in [0.25, 0.3) is 0 Å². The van der Waals surface area contributed by atoms with E-state index < -0.39 is 0 Å². The van der Waals surface area contributed by atoms with E-state index in [0.29, 0.717) is 0 Å². The first-order valence-corrected chi connectivity index (χ1v) is 5.93. The Hall–Kier alpha value is -0.860. The standard InChI is InChI=1S/C12H10ClFS/c1-8-5-9(7-10(14)6-8)12(13)11-3-2-4-15-11/h2-7,12H,1H3. The van der Waals surface area contributed by atoms with Gasteiger partial charge in [-0.25, -0.2) is 4.39 Å². The third kappa shape index (κ3) is 2.39. The Balaban J connectivity index is 2.37. The molecule has 0 nitrogen and oxygen atoms in total. The molecule has 0 radical (unpaired) electrons. The van der Waals surface area contributed by atoms with Gasteiger partial charge in [0.1, 0.15) is 5.82 Å². The van der Waals surface area contributed by atoms with E-state index in [1.54, 1.807) is 11.3 Å². The third-order valence-corrected chi connectivity index (χ3v) is 3.70. The number of thiophene rings is 1. The molecule has 1 aromatic carbocycles. The van der Waals surface area contributed by atoms with Gasteiger partial charge in [0.2, 0.25) is 0 Å². The summed E-state index contributed by atoms with van der Waals surface area (Å²) in [5.41, 5.74) is 1.71. The van der Waals surface area contributed by atoms with E-state index in [9.17, 15) is 4.39 Å². The van der Waals surface area contributed by atoms with Gasteiger partial charge in [-0.15, -0.1) is 22.9 Å². The highest BCUT2D eigenvalue weighted by Gasteiger charge is 2.12. The molecule has 1 aromatic heterocycles. The van der Waals surface area contributed by atoms with Gasteiger partial charge in [-0.3, -0.25) is 0 Å². The molecule has 3 heteroatoms. The Morgan fingerprint density at radius 1 is 1.33 bits per heavy atom. The maximum Gasteiger partial charge on any atom is 0.123 e. The summed E-state index contributed by atoms with van der Waals surface area (Å²) in [6.45, 7) is 1.87. The average molecular weight is 241 g/mol. The second kappa shape index (κ2) is 4.33. The molecule has 0 bridgehead atoms. The highest BCUT2D eigenvalue weighted by atomic mass is 35.5. The van der Waals surface area contributed by atoms with E-state index in [2.05, 4.69) is 0 Å². The lowest BCUT2D eigenvalue weighted by molar-refractivity contribution is 0.624. The van der Waals surface area contributed by atoms with Crippen LogP contribution >= 0.6 is 22.9 Å². The summed E-state index contributed by atoms with van der Waals surface area (Å²) in [5, 5.41) is 1.72. The smallest absolute Gasteiger partial charge is 0.123 e. The molecule has 15 heavy (non-hydrogen) atoms. The first-order valence-electron chi connectivity index (χ1n) is 4.61. The molecule has 78 valence electrons. The molecule has 1 heterocycles. The van der Waals surface area contributed by atoms with Gasteiger partial charge in [0, 0.05) is 4.88 Å². The Labute approximate surface area is 97.3 Å². The number of aryl methyl sites for hydroxylation is 1. The van der Waals surface area contributed by atoms with E-state index in [0.717, 1.165) is 16.0 Å². The molecular formula is C12H10ClFS. The quantitative estimate of drug-likeness (QED) is 0.677. The maximum absolute atomic E-state index is 13.2. The summed E-state index contributed by atoms with van der Waals surface area (Å²) in [6, 6.07) is 8.82. The lowest BCUT2D eigenvalue weighted by Gasteiger charge is -2.08. The van der Waals surface area contributed by atoms with E-state index in [1.807, 2.05) is 30.5 Å². The van der Waals surface area contributed by atoms with Crippen molar-refractivity contribution in [2.75, 3.05) is 0 Å².